The Kier molecular flexibility index (Phi) is 3.05. The molecule has 0 atom stereocenters. The van der Waals surface area contributed by atoms with Gasteiger partial charge in [0.15, 0.2) is 5.65 Å². The summed E-state index contributed by atoms with van der Waals surface area (Å²) < 4.78 is 0. The predicted molar refractivity (Wildman–Crippen MR) is 67.8 cm³/mol. The summed E-state index contributed by atoms with van der Waals surface area (Å²) in [7, 11) is 0. The minimum Gasteiger partial charge on any atom is -0.341 e. The number of fused-ring (bicyclic) bond motifs is 1. The van der Waals surface area contributed by atoms with Crippen molar-refractivity contribution < 1.29 is 0 Å². The van der Waals surface area contributed by atoms with E-state index in [9.17, 15) is 0 Å². The fourth-order valence-corrected chi connectivity index (χ4v) is 2.52. The standard InChI is InChI=1S/C13H18N4/c1-2-11-13(15-7-1)17-12(16-11)4-3-10-5-8-14-9-6-10/h1-2,7,10,14H,3-6,8-9H2,(H,15,16,17). The van der Waals surface area contributed by atoms with E-state index in [2.05, 4.69) is 20.3 Å². The number of H-pyrrole nitrogens is 1. The Morgan fingerprint density at radius 3 is 3.00 bits per heavy atom. The highest BCUT2D eigenvalue weighted by atomic mass is 15.0. The maximum atomic E-state index is 4.51. The maximum absolute atomic E-state index is 4.51. The third-order valence-electron chi connectivity index (χ3n) is 3.55. The second kappa shape index (κ2) is 4.84. The first-order valence-electron chi connectivity index (χ1n) is 6.42. The molecule has 0 saturated carbocycles. The number of piperidine rings is 1. The molecule has 4 heteroatoms. The second-order valence-corrected chi connectivity index (χ2v) is 4.79. The fraction of sp³-hybridized carbons (Fsp3) is 0.538. The van der Waals surface area contributed by atoms with E-state index in [4.69, 9.17) is 0 Å². The zero-order chi connectivity index (χ0) is 11.5. The van der Waals surface area contributed by atoms with Crippen LogP contribution in [0.1, 0.15) is 25.1 Å². The first kappa shape index (κ1) is 10.7. The lowest BCUT2D eigenvalue weighted by Crippen LogP contribution is -2.27. The van der Waals surface area contributed by atoms with Crippen molar-refractivity contribution in [1.82, 2.24) is 20.3 Å². The summed E-state index contributed by atoms with van der Waals surface area (Å²) in [5.41, 5.74) is 1.89. The van der Waals surface area contributed by atoms with Crippen molar-refractivity contribution in [3.05, 3.63) is 24.2 Å². The molecule has 3 rings (SSSR count). The molecular formula is C13H18N4. The van der Waals surface area contributed by atoms with Crippen molar-refractivity contribution in [2.24, 2.45) is 5.92 Å². The van der Waals surface area contributed by atoms with E-state index in [1.165, 1.54) is 32.4 Å². The summed E-state index contributed by atoms with van der Waals surface area (Å²) in [5.74, 6) is 1.94. The van der Waals surface area contributed by atoms with Gasteiger partial charge in [0.25, 0.3) is 0 Å². The van der Waals surface area contributed by atoms with Crippen LogP contribution in [-0.4, -0.2) is 28.0 Å². The van der Waals surface area contributed by atoms with E-state index in [0.29, 0.717) is 0 Å². The van der Waals surface area contributed by atoms with Crippen molar-refractivity contribution in [2.45, 2.75) is 25.7 Å². The van der Waals surface area contributed by atoms with Gasteiger partial charge in [0, 0.05) is 12.6 Å². The molecule has 17 heavy (non-hydrogen) atoms. The lowest BCUT2D eigenvalue weighted by Gasteiger charge is -2.21. The van der Waals surface area contributed by atoms with Crippen molar-refractivity contribution in [2.75, 3.05) is 13.1 Å². The number of imidazole rings is 1. The van der Waals surface area contributed by atoms with Crippen LogP contribution in [0.15, 0.2) is 18.3 Å². The van der Waals surface area contributed by atoms with Gasteiger partial charge < -0.3 is 10.3 Å². The van der Waals surface area contributed by atoms with Crippen LogP contribution in [0.3, 0.4) is 0 Å². The van der Waals surface area contributed by atoms with E-state index in [1.807, 2.05) is 12.1 Å². The number of hydrogen-bond donors (Lipinski definition) is 2. The predicted octanol–water partition coefficient (Wildman–Crippen LogP) is 1.89. The molecule has 1 aliphatic rings. The SMILES string of the molecule is c1cnc2nc(CCC3CCNCC3)[nH]c2c1. The Morgan fingerprint density at radius 1 is 1.29 bits per heavy atom. The highest BCUT2D eigenvalue weighted by Gasteiger charge is 2.13. The molecule has 0 amide bonds. The zero-order valence-corrected chi connectivity index (χ0v) is 9.95. The summed E-state index contributed by atoms with van der Waals surface area (Å²) in [6, 6.07) is 3.97. The zero-order valence-electron chi connectivity index (χ0n) is 9.95. The number of aryl methyl sites for hydroxylation is 1. The molecule has 90 valence electrons. The van der Waals surface area contributed by atoms with Gasteiger partial charge >= 0.3 is 0 Å². The van der Waals surface area contributed by atoms with Gasteiger partial charge in [-0.25, -0.2) is 9.97 Å². The van der Waals surface area contributed by atoms with Crippen molar-refractivity contribution in [3.8, 4) is 0 Å². The number of rotatable bonds is 3. The van der Waals surface area contributed by atoms with E-state index in [-0.39, 0.29) is 0 Å². The highest BCUT2D eigenvalue weighted by molar-refractivity contribution is 5.69. The molecule has 2 N–H and O–H groups in total. The van der Waals surface area contributed by atoms with Gasteiger partial charge in [-0.3, -0.25) is 0 Å². The number of aromatic amines is 1. The van der Waals surface area contributed by atoms with Crippen LogP contribution in [0.25, 0.3) is 11.2 Å². The van der Waals surface area contributed by atoms with Crippen LogP contribution in [0.5, 0.6) is 0 Å². The van der Waals surface area contributed by atoms with Gasteiger partial charge in [0.2, 0.25) is 0 Å². The lowest BCUT2D eigenvalue weighted by atomic mass is 9.93. The normalized spacial score (nSPS) is 17.6. The molecule has 1 saturated heterocycles. The van der Waals surface area contributed by atoms with Crippen LogP contribution in [0, 0.1) is 5.92 Å². The van der Waals surface area contributed by atoms with Crippen molar-refractivity contribution >= 4 is 11.2 Å². The minimum atomic E-state index is 0.841. The Bertz CT molecular complexity index is 452. The van der Waals surface area contributed by atoms with Gasteiger partial charge in [0.1, 0.15) is 5.82 Å². The number of nitrogens with zero attached hydrogens (tertiary/aromatic N) is 2. The molecule has 4 nitrogen and oxygen atoms in total. The van der Waals surface area contributed by atoms with Gasteiger partial charge in [-0.15, -0.1) is 0 Å². The molecule has 1 fully saturated rings. The molecule has 0 spiro atoms. The number of aromatic nitrogens is 3. The average Bonchev–Trinajstić information content (AvgIpc) is 2.80. The molecule has 0 radical (unpaired) electrons. The molecular weight excluding hydrogens is 212 g/mol. The average molecular weight is 230 g/mol. The second-order valence-electron chi connectivity index (χ2n) is 4.79. The van der Waals surface area contributed by atoms with Crippen LogP contribution in [-0.2, 0) is 6.42 Å². The quantitative estimate of drug-likeness (QED) is 0.846. The molecule has 0 unspecified atom stereocenters. The third-order valence-corrected chi connectivity index (χ3v) is 3.55. The Labute approximate surface area is 101 Å². The Balaban J connectivity index is 1.64. The van der Waals surface area contributed by atoms with E-state index in [0.717, 1.165) is 29.3 Å². The molecule has 0 aromatic carbocycles. The Hall–Kier alpha value is -1.42. The molecule has 2 aromatic heterocycles. The fourth-order valence-electron chi connectivity index (χ4n) is 2.52. The van der Waals surface area contributed by atoms with Crippen molar-refractivity contribution in [3.63, 3.8) is 0 Å². The van der Waals surface area contributed by atoms with Crippen LogP contribution in [0.2, 0.25) is 0 Å². The van der Waals surface area contributed by atoms with E-state index < -0.39 is 0 Å². The first-order chi connectivity index (χ1) is 8.42. The van der Waals surface area contributed by atoms with Crippen molar-refractivity contribution in [1.29, 1.82) is 0 Å². The van der Waals surface area contributed by atoms with Gasteiger partial charge in [0.05, 0.1) is 5.52 Å². The molecule has 0 bridgehead atoms. The molecule has 2 aromatic rings. The molecule has 3 heterocycles. The summed E-state index contributed by atoms with van der Waals surface area (Å²) >= 11 is 0. The van der Waals surface area contributed by atoms with Gasteiger partial charge in [-0.05, 0) is 50.4 Å². The summed E-state index contributed by atoms with van der Waals surface area (Å²) in [5, 5.41) is 3.40. The van der Waals surface area contributed by atoms with Crippen LogP contribution < -0.4 is 5.32 Å². The summed E-state index contributed by atoms with van der Waals surface area (Å²) in [4.78, 5) is 12.1. The van der Waals surface area contributed by atoms with Crippen LogP contribution >= 0.6 is 0 Å². The van der Waals surface area contributed by atoms with E-state index in [1.54, 1.807) is 6.20 Å². The smallest absolute Gasteiger partial charge is 0.177 e. The first-order valence-corrected chi connectivity index (χ1v) is 6.42. The number of nitrogens with one attached hydrogen (secondary N) is 2. The minimum absolute atomic E-state index is 0.841. The monoisotopic (exact) mass is 230 g/mol. The molecule has 0 aliphatic carbocycles. The molecule has 1 aliphatic heterocycles. The highest BCUT2D eigenvalue weighted by Crippen LogP contribution is 2.18. The Morgan fingerprint density at radius 2 is 2.18 bits per heavy atom. The number of pyridine rings is 1. The summed E-state index contributed by atoms with van der Waals surface area (Å²) in [6.45, 7) is 2.35. The number of hydrogen-bond acceptors (Lipinski definition) is 3. The van der Waals surface area contributed by atoms with E-state index >= 15 is 0 Å². The lowest BCUT2D eigenvalue weighted by molar-refractivity contribution is 0.352. The largest absolute Gasteiger partial charge is 0.341 e. The maximum Gasteiger partial charge on any atom is 0.177 e. The third kappa shape index (κ3) is 2.47. The van der Waals surface area contributed by atoms with Gasteiger partial charge in [-0.2, -0.15) is 0 Å². The van der Waals surface area contributed by atoms with Crippen LogP contribution in [0.4, 0.5) is 0 Å². The topological polar surface area (TPSA) is 53.6 Å². The van der Waals surface area contributed by atoms with Gasteiger partial charge in [-0.1, -0.05) is 0 Å². The summed E-state index contributed by atoms with van der Waals surface area (Å²) in [6.07, 6.45) is 6.68.